The van der Waals surface area contributed by atoms with Crippen molar-refractivity contribution >= 4 is 11.6 Å². The van der Waals surface area contributed by atoms with Gasteiger partial charge in [0.1, 0.15) is 5.82 Å². The van der Waals surface area contributed by atoms with Gasteiger partial charge in [-0.2, -0.15) is 0 Å². The summed E-state index contributed by atoms with van der Waals surface area (Å²) in [6.45, 7) is 1.01. The van der Waals surface area contributed by atoms with Crippen molar-refractivity contribution in [3.8, 4) is 0 Å². The Bertz CT molecular complexity index is 374. The van der Waals surface area contributed by atoms with E-state index in [0.29, 0.717) is 5.41 Å². The summed E-state index contributed by atoms with van der Waals surface area (Å²) in [5.74, 6) is -0.307. The average molecular weight is 242 g/mol. The van der Waals surface area contributed by atoms with Crippen LogP contribution in [0.15, 0.2) is 18.2 Å². The summed E-state index contributed by atoms with van der Waals surface area (Å²) >= 11 is 5.67. The van der Waals surface area contributed by atoms with E-state index in [-0.39, 0.29) is 10.8 Å². The smallest absolute Gasteiger partial charge is 0.142 e. The topological polar surface area (TPSA) is 12.0 Å². The standard InChI is InChI=1S/C13H17ClFN/c1-16-9-13(5-2-6-13)8-10-3-4-11(14)12(15)7-10/h3-4,7,16H,2,5-6,8-9H2,1H3. The summed E-state index contributed by atoms with van der Waals surface area (Å²) in [7, 11) is 1.97. The molecule has 1 fully saturated rings. The van der Waals surface area contributed by atoms with E-state index in [1.165, 1.54) is 19.3 Å². The van der Waals surface area contributed by atoms with Crippen LogP contribution < -0.4 is 5.32 Å². The second kappa shape index (κ2) is 4.72. The number of benzene rings is 1. The second-order valence-corrected chi connectivity index (χ2v) is 5.22. The zero-order chi connectivity index (χ0) is 11.6. The van der Waals surface area contributed by atoms with Gasteiger partial charge in [-0.05, 0) is 49.4 Å². The van der Waals surface area contributed by atoms with Crippen LogP contribution in [0.3, 0.4) is 0 Å². The molecule has 0 heterocycles. The van der Waals surface area contributed by atoms with Crippen molar-refractivity contribution in [2.45, 2.75) is 25.7 Å². The maximum atomic E-state index is 13.3. The predicted molar refractivity (Wildman–Crippen MR) is 65.3 cm³/mol. The normalized spacial score (nSPS) is 18.2. The van der Waals surface area contributed by atoms with Gasteiger partial charge in [0.15, 0.2) is 0 Å². The minimum absolute atomic E-state index is 0.208. The Morgan fingerprint density at radius 1 is 1.44 bits per heavy atom. The number of rotatable bonds is 4. The zero-order valence-corrected chi connectivity index (χ0v) is 10.3. The van der Waals surface area contributed by atoms with Crippen LogP contribution in [-0.4, -0.2) is 13.6 Å². The van der Waals surface area contributed by atoms with Crippen molar-refractivity contribution in [1.82, 2.24) is 5.32 Å². The van der Waals surface area contributed by atoms with Gasteiger partial charge in [-0.25, -0.2) is 4.39 Å². The van der Waals surface area contributed by atoms with Gasteiger partial charge in [0.05, 0.1) is 5.02 Å². The molecule has 0 radical (unpaired) electrons. The van der Waals surface area contributed by atoms with Gasteiger partial charge in [-0.3, -0.25) is 0 Å². The monoisotopic (exact) mass is 241 g/mol. The van der Waals surface area contributed by atoms with Crippen molar-refractivity contribution in [3.63, 3.8) is 0 Å². The van der Waals surface area contributed by atoms with Crippen LogP contribution in [0, 0.1) is 11.2 Å². The molecule has 1 N–H and O–H groups in total. The van der Waals surface area contributed by atoms with Crippen molar-refractivity contribution < 1.29 is 4.39 Å². The van der Waals surface area contributed by atoms with E-state index in [2.05, 4.69) is 5.32 Å². The lowest BCUT2D eigenvalue weighted by Gasteiger charge is -2.42. The molecule has 1 saturated carbocycles. The molecule has 1 nitrogen and oxygen atoms in total. The Morgan fingerprint density at radius 2 is 2.19 bits per heavy atom. The number of nitrogens with one attached hydrogen (secondary N) is 1. The molecular formula is C13H17ClFN. The first-order valence-electron chi connectivity index (χ1n) is 5.74. The van der Waals surface area contributed by atoms with E-state index in [1.807, 2.05) is 13.1 Å². The lowest BCUT2D eigenvalue weighted by Crippen LogP contribution is -2.40. The maximum absolute atomic E-state index is 13.3. The fourth-order valence-electron chi connectivity index (χ4n) is 2.55. The molecule has 1 aliphatic rings. The second-order valence-electron chi connectivity index (χ2n) is 4.81. The molecule has 3 heteroatoms. The third-order valence-electron chi connectivity index (χ3n) is 3.53. The van der Waals surface area contributed by atoms with Crippen LogP contribution in [0.5, 0.6) is 0 Å². The highest BCUT2D eigenvalue weighted by Crippen LogP contribution is 2.43. The summed E-state index contributed by atoms with van der Waals surface area (Å²) in [4.78, 5) is 0. The molecule has 0 spiro atoms. The fourth-order valence-corrected chi connectivity index (χ4v) is 2.67. The molecular weight excluding hydrogens is 225 g/mol. The van der Waals surface area contributed by atoms with E-state index in [4.69, 9.17) is 11.6 Å². The molecule has 0 saturated heterocycles. The largest absolute Gasteiger partial charge is 0.319 e. The average Bonchev–Trinajstić information content (AvgIpc) is 2.20. The third kappa shape index (κ3) is 2.38. The maximum Gasteiger partial charge on any atom is 0.142 e. The van der Waals surface area contributed by atoms with Crippen LogP contribution in [0.2, 0.25) is 5.02 Å². The minimum Gasteiger partial charge on any atom is -0.319 e. The molecule has 2 rings (SSSR count). The summed E-state index contributed by atoms with van der Waals surface area (Å²) in [5.41, 5.74) is 1.39. The molecule has 16 heavy (non-hydrogen) atoms. The van der Waals surface area contributed by atoms with Crippen molar-refractivity contribution in [3.05, 3.63) is 34.6 Å². The fraction of sp³-hybridized carbons (Fsp3) is 0.538. The highest BCUT2D eigenvalue weighted by atomic mass is 35.5. The number of hydrogen-bond donors (Lipinski definition) is 1. The van der Waals surface area contributed by atoms with Gasteiger partial charge in [-0.15, -0.1) is 0 Å². The first kappa shape index (κ1) is 11.9. The third-order valence-corrected chi connectivity index (χ3v) is 3.84. The summed E-state index contributed by atoms with van der Waals surface area (Å²) in [6.07, 6.45) is 4.70. The van der Waals surface area contributed by atoms with Gasteiger partial charge < -0.3 is 5.32 Å². The Morgan fingerprint density at radius 3 is 2.69 bits per heavy atom. The van der Waals surface area contributed by atoms with Crippen LogP contribution in [0.25, 0.3) is 0 Å². The van der Waals surface area contributed by atoms with E-state index < -0.39 is 0 Å². The van der Waals surface area contributed by atoms with Crippen LogP contribution in [-0.2, 0) is 6.42 Å². The first-order valence-corrected chi connectivity index (χ1v) is 6.12. The van der Waals surface area contributed by atoms with Crippen LogP contribution >= 0.6 is 11.6 Å². The van der Waals surface area contributed by atoms with Gasteiger partial charge in [0.2, 0.25) is 0 Å². The van der Waals surface area contributed by atoms with Crippen molar-refractivity contribution in [2.75, 3.05) is 13.6 Å². The summed E-state index contributed by atoms with van der Waals surface area (Å²) in [6, 6.07) is 5.15. The van der Waals surface area contributed by atoms with E-state index in [0.717, 1.165) is 18.5 Å². The lowest BCUT2D eigenvalue weighted by molar-refractivity contribution is 0.133. The van der Waals surface area contributed by atoms with Gasteiger partial charge in [-0.1, -0.05) is 24.1 Å². The molecule has 1 aliphatic carbocycles. The van der Waals surface area contributed by atoms with E-state index in [9.17, 15) is 4.39 Å². The predicted octanol–water partition coefficient (Wildman–Crippen LogP) is 3.41. The quantitative estimate of drug-likeness (QED) is 0.852. The summed E-state index contributed by atoms with van der Waals surface area (Å²) in [5, 5.41) is 3.45. The Hall–Kier alpha value is -0.600. The van der Waals surface area contributed by atoms with Gasteiger partial charge in [0, 0.05) is 6.54 Å². The molecule has 0 amide bonds. The molecule has 0 unspecified atom stereocenters. The Balaban J connectivity index is 2.10. The SMILES string of the molecule is CNCC1(Cc2ccc(Cl)c(F)c2)CCC1. The van der Waals surface area contributed by atoms with Gasteiger partial charge >= 0.3 is 0 Å². The minimum atomic E-state index is -0.307. The van der Waals surface area contributed by atoms with E-state index in [1.54, 1.807) is 12.1 Å². The Kier molecular flexibility index (Phi) is 3.50. The Labute approximate surface area is 101 Å². The van der Waals surface area contributed by atoms with E-state index >= 15 is 0 Å². The van der Waals surface area contributed by atoms with Gasteiger partial charge in [0.25, 0.3) is 0 Å². The lowest BCUT2D eigenvalue weighted by atomic mass is 9.65. The molecule has 0 bridgehead atoms. The highest BCUT2D eigenvalue weighted by molar-refractivity contribution is 6.30. The number of halogens is 2. The molecule has 88 valence electrons. The summed E-state index contributed by atoms with van der Waals surface area (Å²) < 4.78 is 13.3. The zero-order valence-electron chi connectivity index (χ0n) is 9.52. The molecule has 1 aromatic carbocycles. The van der Waals surface area contributed by atoms with Crippen molar-refractivity contribution in [2.24, 2.45) is 5.41 Å². The van der Waals surface area contributed by atoms with Crippen LogP contribution in [0.4, 0.5) is 4.39 Å². The van der Waals surface area contributed by atoms with Crippen LogP contribution in [0.1, 0.15) is 24.8 Å². The molecule has 1 aromatic rings. The van der Waals surface area contributed by atoms with Crippen molar-refractivity contribution in [1.29, 1.82) is 0 Å². The molecule has 0 aliphatic heterocycles. The first-order chi connectivity index (χ1) is 7.65. The molecule has 0 atom stereocenters. The molecule has 0 aromatic heterocycles. The highest BCUT2D eigenvalue weighted by Gasteiger charge is 2.36. The number of hydrogen-bond acceptors (Lipinski definition) is 1.